The molecule has 4 aromatic rings. The Morgan fingerprint density at radius 2 is 1.86 bits per heavy atom. The van der Waals surface area contributed by atoms with E-state index in [1.54, 1.807) is 12.1 Å². The fourth-order valence-corrected chi connectivity index (χ4v) is 3.75. The molecule has 2 aromatic heterocycles. The number of aromatic nitrogens is 3. The number of aryl methyl sites for hydroxylation is 1. The molecule has 0 aliphatic carbocycles. The predicted octanol–water partition coefficient (Wildman–Crippen LogP) is 5.20. The van der Waals surface area contributed by atoms with Crippen molar-refractivity contribution in [1.29, 1.82) is 0 Å². The summed E-state index contributed by atoms with van der Waals surface area (Å²) < 4.78 is 6.47. The topological polar surface area (TPSA) is 80.9 Å². The molecule has 6 nitrogen and oxygen atoms in total. The first-order valence-corrected chi connectivity index (χ1v) is 9.75. The lowest BCUT2D eigenvalue weighted by molar-refractivity contribution is 0.102. The maximum atomic E-state index is 12.9. The summed E-state index contributed by atoms with van der Waals surface area (Å²) in [6, 6.07) is 13.2. The number of rotatable bonds is 3. The van der Waals surface area contributed by atoms with Crippen LogP contribution in [0.3, 0.4) is 0 Å². The van der Waals surface area contributed by atoms with Gasteiger partial charge in [0.05, 0.1) is 21.3 Å². The number of para-hydroxylation sites is 1. The Morgan fingerprint density at radius 3 is 2.57 bits per heavy atom. The average molecular weight is 392 g/mol. The summed E-state index contributed by atoms with van der Waals surface area (Å²) >= 11 is 1.45. The second kappa shape index (κ2) is 6.83. The molecular weight excluding hydrogens is 372 g/mol. The molecule has 1 N–H and O–H groups in total. The van der Waals surface area contributed by atoms with Gasteiger partial charge in [0.2, 0.25) is 0 Å². The van der Waals surface area contributed by atoms with Gasteiger partial charge in [0.15, 0.2) is 11.0 Å². The molecule has 7 heteroatoms. The van der Waals surface area contributed by atoms with Crippen molar-refractivity contribution in [2.24, 2.45) is 0 Å². The summed E-state index contributed by atoms with van der Waals surface area (Å²) in [6.07, 6.45) is 0. The van der Waals surface area contributed by atoms with E-state index in [1.165, 1.54) is 11.3 Å². The molecular formula is C21H20N4O2S. The van der Waals surface area contributed by atoms with Crippen LogP contribution in [0.15, 0.2) is 47.0 Å². The molecule has 0 saturated heterocycles. The van der Waals surface area contributed by atoms with E-state index < -0.39 is 0 Å². The van der Waals surface area contributed by atoms with Crippen molar-refractivity contribution in [3.8, 4) is 11.5 Å². The molecule has 1 amide bonds. The van der Waals surface area contributed by atoms with Crippen LogP contribution in [0, 0.1) is 6.92 Å². The third-order valence-electron chi connectivity index (χ3n) is 4.34. The first-order chi connectivity index (χ1) is 13.3. The molecule has 0 unspecified atom stereocenters. The van der Waals surface area contributed by atoms with E-state index in [-0.39, 0.29) is 11.3 Å². The predicted molar refractivity (Wildman–Crippen MR) is 111 cm³/mol. The number of hydrogen-bond acceptors (Lipinski definition) is 6. The molecule has 0 bridgehead atoms. The van der Waals surface area contributed by atoms with Crippen LogP contribution < -0.4 is 5.32 Å². The molecule has 0 aliphatic rings. The summed E-state index contributed by atoms with van der Waals surface area (Å²) in [5.74, 6) is 0.665. The van der Waals surface area contributed by atoms with Crippen molar-refractivity contribution in [2.45, 2.75) is 33.1 Å². The summed E-state index contributed by atoms with van der Waals surface area (Å²) in [7, 11) is 0. The fraction of sp³-hybridized carbons (Fsp3) is 0.238. The zero-order valence-electron chi connectivity index (χ0n) is 16.1. The highest BCUT2D eigenvalue weighted by Gasteiger charge is 2.24. The highest BCUT2D eigenvalue weighted by Crippen LogP contribution is 2.30. The molecule has 0 aliphatic heterocycles. The molecule has 0 fully saturated rings. The number of carbonyl (C=O) groups is 1. The van der Waals surface area contributed by atoms with Crippen LogP contribution in [0.5, 0.6) is 0 Å². The van der Waals surface area contributed by atoms with Gasteiger partial charge in [-0.3, -0.25) is 10.1 Å². The van der Waals surface area contributed by atoms with Gasteiger partial charge in [0, 0.05) is 5.41 Å². The van der Waals surface area contributed by atoms with Crippen molar-refractivity contribution < 1.29 is 9.32 Å². The quantitative estimate of drug-likeness (QED) is 0.518. The average Bonchev–Trinajstić information content (AvgIpc) is 3.29. The molecule has 0 atom stereocenters. The summed E-state index contributed by atoms with van der Waals surface area (Å²) in [6.45, 7) is 8.03. The Kier molecular flexibility index (Phi) is 4.47. The fourth-order valence-electron chi connectivity index (χ4n) is 2.81. The van der Waals surface area contributed by atoms with Crippen LogP contribution in [0.25, 0.3) is 21.7 Å². The normalized spacial score (nSPS) is 11.7. The maximum Gasteiger partial charge on any atom is 0.258 e. The Morgan fingerprint density at radius 1 is 1.07 bits per heavy atom. The molecule has 0 saturated carbocycles. The van der Waals surface area contributed by atoms with Gasteiger partial charge in [0.25, 0.3) is 11.8 Å². The van der Waals surface area contributed by atoms with Gasteiger partial charge in [-0.2, -0.15) is 4.98 Å². The van der Waals surface area contributed by atoms with Crippen LogP contribution in [-0.4, -0.2) is 21.0 Å². The maximum absolute atomic E-state index is 12.9. The van der Waals surface area contributed by atoms with Crippen LogP contribution >= 0.6 is 11.3 Å². The largest absolute Gasteiger partial charge is 0.334 e. The lowest BCUT2D eigenvalue weighted by Gasteiger charge is -2.11. The lowest BCUT2D eigenvalue weighted by Crippen LogP contribution is -2.14. The van der Waals surface area contributed by atoms with Crippen LogP contribution in [-0.2, 0) is 5.41 Å². The summed E-state index contributed by atoms with van der Waals surface area (Å²) in [4.78, 5) is 22.0. The number of fused-ring (bicyclic) bond motifs is 1. The SMILES string of the molecule is Cc1cccc2sc(NC(=O)c3ccccc3-c3nc(C(C)(C)C)no3)nc12. The van der Waals surface area contributed by atoms with Gasteiger partial charge in [-0.05, 0) is 30.7 Å². The minimum atomic E-state index is -0.261. The van der Waals surface area contributed by atoms with Crippen LogP contribution in [0.1, 0.15) is 42.5 Å². The number of nitrogens with zero attached hydrogens (tertiary/aromatic N) is 3. The highest BCUT2D eigenvalue weighted by molar-refractivity contribution is 7.22. The van der Waals surface area contributed by atoms with E-state index in [0.717, 1.165) is 15.8 Å². The van der Waals surface area contributed by atoms with E-state index in [0.29, 0.717) is 28.0 Å². The van der Waals surface area contributed by atoms with Crippen molar-refractivity contribution in [3.05, 3.63) is 59.4 Å². The standard InChI is InChI=1S/C21H20N4O2S/c1-12-8-7-11-15-16(12)22-20(28-15)23-17(26)13-9-5-6-10-14(13)18-24-19(25-27-18)21(2,3)4/h5-11H,1-4H3,(H,22,23,26). The van der Waals surface area contributed by atoms with Gasteiger partial charge in [-0.25, -0.2) is 4.98 Å². The van der Waals surface area contributed by atoms with Crippen LogP contribution in [0.2, 0.25) is 0 Å². The molecule has 28 heavy (non-hydrogen) atoms. The van der Waals surface area contributed by atoms with Gasteiger partial charge in [-0.1, -0.05) is 61.5 Å². The number of amides is 1. The monoisotopic (exact) mass is 392 g/mol. The Hall–Kier alpha value is -3.06. The first-order valence-electron chi connectivity index (χ1n) is 8.94. The molecule has 0 spiro atoms. The van der Waals surface area contributed by atoms with Gasteiger partial charge in [-0.15, -0.1) is 0 Å². The van der Waals surface area contributed by atoms with Crippen molar-refractivity contribution >= 4 is 32.6 Å². The van der Waals surface area contributed by atoms with Crippen molar-refractivity contribution in [1.82, 2.24) is 15.1 Å². The Balaban J connectivity index is 1.66. The number of thiazole rings is 1. The number of nitrogens with one attached hydrogen (secondary N) is 1. The Labute approximate surface area is 166 Å². The van der Waals surface area contributed by atoms with Crippen molar-refractivity contribution in [2.75, 3.05) is 5.32 Å². The van der Waals surface area contributed by atoms with Gasteiger partial charge >= 0.3 is 0 Å². The third-order valence-corrected chi connectivity index (χ3v) is 5.28. The van der Waals surface area contributed by atoms with Gasteiger partial charge in [0.1, 0.15) is 0 Å². The van der Waals surface area contributed by atoms with Gasteiger partial charge < -0.3 is 4.52 Å². The zero-order valence-corrected chi connectivity index (χ0v) is 16.9. The van der Waals surface area contributed by atoms with Crippen molar-refractivity contribution in [3.63, 3.8) is 0 Å². The second-order valence-corrected chi connectivity index (χ2v) is 8.64. The zero-order chi connectivity index (χ0) is 19.9. The smallest absolute Gasteiger partial charge is 0.258 e. The van der Waals surface area contributed by atoms with E-state index in [1.807, 2.05) is 58.0 Å². The minimum absolute atomic E-state index is 0.238. The first kappa shape index (κ1) is 18.3. The van der Waals surface area contributed by atoms with E-state index >= 15 is 0 Å². The Bertz CT molecular complexity index is 1170. The minimum Gasteiger partial charge on any atom is -0.334 e. The molecule has 4 rings (SSSR count). The third kappa shape index (κ3) is 3.41. The second-order valence-electron chi connectivity index (χ2n) is 7.61. The molecule has 2 heterocycles. The number of benzene rings is 2. The van der Waals surface area contributed by atoms with E-state index in [2.05, 4.69) is 20.4 Å². The number of hydrogen-bond donors (Lipinski definition) is 1. The lowest BCUT2D eigenvalue weighted by atomic mass is 9.96. The van der Waals surface area contributed by atoms with Crippen LogP contribution in [0.4, 0.5) is 5.13 Å². The molecule has 2 aromatic carbocycles. The summed E-state index contributed by atoms with van der Waals surface area (Å²) in [5.41, 5.74) is 2.80. The molecule has 142 valence electrons. The summed E-state index contributed by atoms with van der Waals surface area (Å²) in [5, 5.41) is 7.52. The van der Waals surface area contributed by atoms with E-state index in [9.17, 15) is 4.79 Å². The van der Waals surface area contributed by atoms with E-state index in [4.69, 9.17) is 4.52 Å². The number of anilines is 1. The highest BCUT2D eigenvalue weighted by atomic mass is 32.1. The number of carbonyl (C=O) groups excluding carboxylic acids is 1. The molecule has 0 radical (unpaired) electrons.